The molecule has 0 bridgehead atoms. The predicted octanol–water partition coefficient (Wildman–Crippen LogP) is 3.12. The highest BCUT2D eigenvalue weighted by atomic mass is 16.5. The van der Waals surface area contributed by atoms with Crippen molar-refractivity contribution in [1.29, 1.82) is 0 Å². The summed E-state index contributed by atoms with van der Waals surface area (Å²) in [5.41, 5.74) is 2.64. The molecule has 2 N–H and O–H groups in total. The van der Waals surface area contributed by atoms with Gasteiger partial charge < -0.3 is 19.6 Å². The van der Waals surface area contributed by atoms with Crippen molar-refractivity contribution >= 4 is 22.8 Å². The number of aryl methyl sites for hydroxylation is 2. The zero-order valence-corrected chi connectivity index (χ0v) is 17.0. The standard InChI is InChI=1S/C22H27NO6/c1-4-7-17(21(25)26)23-20(24)13(3)28-18-11-10-15-14-8-5-6-9-16(14)22(27)29-19(15)12(18)2/h10-11,13,17H,4-9H2,1-3H3,(H,23,24)(H,25,26)/t13-,17+/m0/s1. The first-order chi connectivity index (χ1) is 13.8. The van der Waals surface area contributed by atoms with Crippen LogP contribution < -0.4 is 15.7 Å². The monoisotopic (exact) mass is 401 g/mol. The van der Waals surface area contributed by atoms with Gasteiger partial charge in [-0.1, -0.05) is 13.3 Å². The summed E-state index contributed by atoms with van der Waals surface area (Å²) in [4.78, 5) is 36.0. The van der Waals surface area contributed by atoms with Gasteiger partial charge in [-0.05, 0) is 63.6 Å². The molecular weight excluding hydrogens is 374 g/mol. The number of carboxylic acid groups (broad SMARTS) is 1. The van der Waals surface area contributed by atoms with Crippen LogP contribution in [0.3, 0.4) is 0 Å². The number of nitrogens with one attached hydrogen (secondary N) is 1. The van der Waals surface area contributed by atoms with Gasteiger partial charge >= 0.3 is 11.6 Å². The van der Waals surface area contributed by atoms with E-state index in [0.717, 1.165) is 42.2 Å². The minimum absolute atomic E-state index is 0.304. The number of fused-ring (bicyclic) bond motifs is 3. The number of amides is 1. The Bertz CT molecular complexity index is 993. The van der Waals surface area contributed by atoms with Crippen molar-refractivity contribution in [2.45, 2.75) is 71.4 Å². The minimum Gasteiger partial charge on any atom is -0.480 e. The molecule has 1 aromatic heterocycles. The number of carboxylic acids is 1. The number of benzene rings is 1. The molecule has 0 spiro atoms. The van der Waals surface area contributed by atoms with Gasteiger partial charge in [0.05, 0.1) is 0 Å². The van der Waals surface area contributed by atoms with Gasteiger partial charge in [0.25, 0.3) is 5.91 Å². The van der Waals surface area contributed by atoms with Crippen LogP contribution in [0.15, 0.2) is 21.3 Å². The number of carbonyl (C=O) groups is 2. The van der Waals surface area contributed by atoms with Crippen molar-refractivity contribution in [1.82, 2.24) is 5.32 Å². The summed E-state index contributed by atoms with van der Waals surface area (Å²) in [6.07, 6.45) is 3.72. The molecule has 1 heterocycles. The van der Waals surface area contributed by atoms with Crippen LogP contribution >= 0.6 is 0 Å². The zero-order chi connectivity index (χ0) is 21.1. The molecular formula is C22H27NO6. The summed E-state index contributed by atoms with van der Waals surface area (Å²) in [6.45, 7) is 5.21. The van der Waals surface area contributed by atoms with Crippen LogP contribution in [-0.2, 0) is 22.4 Å². The number of hydrogen-bond donors (Lipinski definition) is 2. The average molecular weight is 401 g/mol. The highest BCUT2D eigenvalue weighted by Crippen LogP contribution is 2.32. The summed E-state index contributed by atoms with van der Waals surface area (Å²) < 4.78 is 11.4. The number of aliphatic carboxylic acids is 1. The van der Waals surface area contributed by atoms with E-state index in [1.165, 1.54) is 0 Å². The first kappa shape index (κ1) is 20.9. The van der Waals surface area contributed by atoms with E-state index >= 15 is 0 Å². The Kier molecular flexibility index (Phi) is 6.25. The largest absolute Gasteiger partial charge is 0.480 e. The highest BCUT2D eigenvalue weighted by Gasteiger charge is 2.25. The molecule has 1 aromatic carbocycles. The fraction of sp³-hybridized carbons (Fsp3) is 0.500. The lowest BCUT2D eigenvalue weighted by atomic mass is 9.90. The molecule has 0 unspecified atom stereocenters. The van der Waals surface area contributed by atoms with Crippen LogP contribution in [-0.4, -0.2) is 29.1 Å². The lowest BCUT2D eigenvalue weighted by molar-refractivity contribution is -0.143. The number of ether oxygens (including phenoxy) is 1. The van der Waals surface area contributed by atoms with Crippen LogP contribution in [0.1, 0.15) is 56.2 Å². The molecule has 7 nitrogen and oxygen atoms in total. The second-order valence-corrected chi connectivity index (χ2v) is 7.57. The third-order valence-corrected chi connectivity index (χ3v) is 5.46. The Balaban J connectivity index is 1.85. The highest BCUT2D eigenvalue weighted by molar-refractivity contribution is 5.88. The first-order valence-electron chi connectivity index (χ1n) is 10.1. The summed E-state index contributed by atoms with van der Waals surface area (Å²) in [7, 11) is 0. The lowest BCUT2D eigenvalue weighted by Crippen LogP contribution is -2.46. The first-order valence-corrected chi connectivity index (χ1v) is 10.1. The number of hydrogen-bond acceptors (Lipinski definition) is 5. The SMILES string of the molecule is CCC[C@@H](NC(=O)[C@H](C)Oc1ccc2c3c(c(=O)oc2c1C)CCCC3)C(=O)O. The van der Waals surface area contributed by atoms with Crippen LogP contribution in [0, 0.1) is 6.92 Å². The predicted molar refractivity (Wildman–Crippen MR) is 108 cm³/mol. The van der Waals surface area contributed by atoms with E-state index in [4.69, 9.17) is 9.15 Å². The van der Waals surface area contributed by atoms with Crippen molar-refractivity contribution in [3.8, 4) is 5.75 Å². The maximum atomic E-state index is 12.4. The molecule has 2 atom stereocenters. The smallest absolute Gasteiger partial charge is 0.339 e. The van der Waals surface area contributed by atoms with Crippen molar-refractivity contribution < 1.29 is 23.8 Å². The van der Waals surface area contributed by atoms with E-state index in [1.54, 1.807) is 19.9 Å². The second-order valence-electron chi connectivity index (χ2n) is 7.57. The third-order valence-electron chi connectivity index (χ3n) is 5.46. The molecule has 3 rings (SSSR count). The summed E-state index contributed by atoms with van der Waals surface area (Å²) in [5.74, 6) is -1.14. The lowest BCUT2D eigenvalue weighted by Gasteiger charge is -2.21. The van der Waals surface area contributed by atoms with Gasteiger partial charge in [-0.25, -0.2) is 9.59 Å². The second kappa shape index (κ2) is 8.68. The fourth-order valence-corrected chi connectivity index (χ4v) is 3.83. The van der Waals surface area contributed by atoms with E-state index in [0.29, 0.717) is 29.7 Å². The maximum absolute atomic E-state index is 12.4. The Morgan fingerprint density at radius 2 is 1.93 bits per heavy atom. The maximum Gasteiger partial charge on any atom is 0.339 e. The quantitative estimate of drug-likeness (QED) is 0.691. The molecule has 1 aliphatic rings. The van der Waals surface area contributed by atoms with Crippen LogP contribution in [0.4, 0.5) is 0 Å². The summed E-state index contributed by atoms with van der Waals surface area (Å²) in [5, 5.41) is 12.6. The molecule has 0 saturated heterocycles. The van der Waals surface area contributed by atoms with Crippen molar-refractivity contribution in [2.24, 2.45) is 0 Å². The number of carbonyl (C=O) groups excluding carboxylic acids is 1. The summed E-state index contributed by atoms with van der Waals surface area (Å²) in [6, 6.07) is 2.70. The molecule has 29 heavy (non-hydrogen) atoms. The number of rotatable bonds is 7. The molecule has 0 radical (unpaired) electrons. The fourth-order valence-electron chi connectivity index (χ4n) is 3.83. The topological polar surface area (TPSA) is 106 Å². The van der Waals surface area contributed by atoms with Gasteiger partial charge in [0.2, 0.25) is 0 Å². The Labute approximate surface area is 169 Å². The van der Waals surface area contributed by atoms with Gasteiger partial charge in [-0.15, -0.1) is 0 Å². The zero-order valence-electron chi connectivity index (χ0n) is 17.0. The molecule has 0 fully saturated rings. The molecule has 156 valence electrons. The van der Waals surface area contributed by atoms with Gasteiger partial charge in [0, 0.05) is 16.5 Å². The molecule has 0 aliphatic heterocycles. The Morgan fingerprint density at radius 3 is 2.59 bits per heavy atom. The van der Waals surface area contributed by atoms with Gasteiger partial charge in [-0.3, -0.25) is 4.79 Å². The van der Waals surface area contributed by atoms with E-state index < -0.39 is 24.0 Å². The summed E-state index contributed by atoms with van der Waals surface area (Å²) >= 11 is 0. The van der Waals surface area contributed by atoms with Gasteiger partial charge in [0.15, 0.2) is 6.10 Å². The van der Waals surface area contributed by atoms with Crippen molar-refractivity contribution in [3.05, 3.63) is 39.2 Å². The Morgan fingerprint density at radius 1 is 1.24 bits per heavy atom. The van der Waals surface area contributed by atoms with Crippen LogP contribution in [0.5, 0.6) is 5.75 Å². The molecule has 0 saturated carbocycles. The van der Waals surface area contributed by atoms with Crippen LogP contribution in [0.25, 0.3) is 11.0 Å². The third kappa shape index (κ3) is 4.28. The van der Waals surface area contributed by atoms with E-state index in [1.807, 2.05) is 13.0 Å². The average Bonchev–Trinajstić information content (AvgIpc) is 2.70. The van der Waals surface area contributed by atoms with E-state index in [9.17, 15) is 19.5 Å². The van der Waals surface area contributed by atoms with Crippen LogP contribution in [0.2, 0.25) is 0 Å². The van der Waals surface area contributed by atoms with E-state index in [2.05, 4.69) is 5.32 Å². The molecule has 2 aromatic rings. The van der Waals surface area contributed by atoms with Crippen molar-refractivity contribution in [3.63, 3.8) is 0 Å². The van der Waals surface area contributed by atoms with Gasteiger partial charge in [-0.2, -0.15) is 0 Å². The Hall–Kier alpha value is -2.83. The minimum atomic E-state index is -1.07. The molecule has 1 aliphatic carbocycles. The molecule has 1 amide bonds. The molecule has 7 heteroatoms. The van der Waals surface area contributed by atoms with Gasteiger partial charge in [0.1, 0.15) is 17.4 Å². The van der Waals surface area contributed by atoms with Crippen molar-refractivity contribution in [2.75, 3.05) is 0 Å². The van der Waals surface area contributed by atoms with E-state index in [-0.39, 0.29) is 5.63 Å². The normalized spacial score (nSPS) is 15.4.